The molecule has 0 saturated carbocycles. The summed E-state index contributed by atoms with van der Waals surface area (Å²) in [5.41, 5.74) is 0.181. The molecule has 0 N–H and O–H groups in total. The average Bonchev–Trinajstić information content (AvgIpc) is 1.55. The number of alkyl halides is 1. The lowest BCUT2D eigenvalue weighted by atomic mass is 9.84. The second-order valence-electron chi connectivity index (χ2n) is 4.49. The van der Waals surface area contributed by atoms with Crippen molar-refractivity contribution in [2.75, 3.05) is 13.7 Å². The van der Waals surface area contributed by atoms with Gasteiger partial charge in [-0.1, -0.05) is 13.8 Å². The highest BCUT2D eigenvalue weighted by Crippen LogP contribution is 2.31. The summed E-state index contributed by atoms with van der Waals surface area (Å²) < 4.78 is 5.09. The third kappa shape index (κ3) is 6.64. The standard InChI is InChI=1S/C9H19ClO/c1-8(2,7-11-5)6-9(3,4)10/h6-7H2,1-5H3. The van der Waals surface area contributed by atoms with Crippen LogP contribution in [0.5, 0.6) is 0 Å². The van der Waals surface area contributed by atoms with Gasteiger partial charge in [0.2, 0.25) is 0 Å². The van der Waals surface area contributed by atoms with Gasteiger partial charge in [-0.05, 0) is 25.7 Å². The van der Waals surface area contributed by atoms with Gasteiger partial charge in [-0.25, -0.2) is 0 Å². The Labute approximate surface area is 75.1 Å². The summed E-state index contributed by atoms with van der Waals surface area (Å²) in [5.74, 6) is 0. The van der Waals surface area contributed by atoms with Gasteiger partial charge < -0.3 is 4.74 Å². The second-order valence-corrected chi connectivity index (χ2v) is 5.52. The molecule has 11 heavy (non-hydrogen) atoms. The van der Waals surface area contributed by atoms with Crippen molar-refractivity contribution in [2.45, 2.75) is 39.0 Å². The van der Waals surface area contributed by atoms with E-state index in [9.17, 15) is 0 Å². The van der Waals surface area contributed by atoms with E-state index in [0.717, 1.165) is 13.0 Å². The van der Waals surface area contributed by atoms with Gasteiger partial charge >= 0.3 is 0 Å². The zero-order valence-corrected chi connectivity index (χ0v) is 8.96. The summed E-state index contributed by atoms with van der Waals surface area (Å²) in [7, 11) is 1.73. The molecule has 0 bridgehead atoms. The Kier molecular flexibility index (Phi) is 3.86. The first-order valence-electron chi connectivity index (χ1n) is 3.95. The van der Waals surface area contributed by atoms with E-state index in [1.807, 2.05) is 13.8 Å². The van der Waals surface area contributed by atoms with Crippen LogP contribution in [0.4, 0.5) is 0 Å². The minimum atomic E-state index is -0.123. The first-order chi connectivity index (χ1) is 4.77. The van der Waals surface area contributed by atoms with E-state index in [-0.39, 0.29) is 10.3 Å². The molecule has 0 spiro atoms. The van der Waals surface area contributed by atoms with Gasteiger partial charge in [0.25, 0.3) is 0 Å². The van der Waals surface area contributed by atoms with Crippen LogP contribution in [-0.2, 0) is 4.74 Å². The molecule has 0 heterocycles. The maximum absolute atomic E-state index is 6.10. The summed E-state index contributed by atoms with van der Waals surface area (Å²) in [6.07, 6.45) is 0.968. The Balaban J connectivity index is 3.91. The van der Waals surface area contributed by atoms with Crippen LogP contribution >= 0.6 is 11.6 Å². The monoisotopic (exact) mass is 178 g/mol. The molecule has 2 heteroatoms. The van der Waals surface area contributed by atoms with Crippen molar-refractivity contribution in [3.63, 3.8) is 0 Å². The smallest absolute Gasteiger partial charge is 0.0513 e. The van der Waals surface area contributed by atoms with Crippen LogP contribution in [0.25, 0.3) is 0 Å². The predicted octanol–water partition coefficient (Wildman–Crippen LogP) is 3.07. The van der Waals surface area contributed by atoms with Crippen LogP contribution in [0, 0.1) is 5.41 Å². The highest BCUT2D eigenvalue weighted by Gasteiger charge is 2.26. The van der Waals surface area contributed by atoms with Gasteiger partial charge in [0.15, 0.2) is 0 Å². The molecular formula is C9H19ClO. The Hall–Kier alpha value is 0.250. The molecule has 0 amide bonds. The summed E-state index contributed by atoms with van der Waals surface area (Å²) in [5, 5.41) is 0. The van der Waals surface area contributed by atoms with Crippen LogP contribution in [-0.4, -0.2) is 18.6 Å². The molecule has 0 saturated heterocycles. The predicted molar refractivity (Wildman–Crippen MR) is 50.2 cm³/mol. The van der Waals surface area contributed by atoms with Gasteiger partial charge in [0.1, 0.15) is 0 Å². The van der Waals surface area contributed by atoms with E-state index in [1.54, 1.807) is 7.11 Å². The number of halogens is 1. The normalized spacial score (nSPS) is 13.6. The molecule has 68 valence electrons. The summed E-state index contributed by atoms with van der Waals surface area (Å²) in [4.78, 5) is -0.123. The molecule has 0 aromatic carbocycles. The fourth-order valence-electron chi connectivity index (χ4n) is 1.58. The van der Waals surface area contributed by atoms with E-state index in [2.05, 4.69) is 13.8 Å². The van der Waals surface area contributed by atoms with Crippen molar-refractivity contribution in [3.8, 4) is 0 Å². The Morgan fingerprint density at radius 1 is 1.18 bits per heavy atom. The first kappa shape index (κ1) is 11.2. The molecule has 0 rings (SSSR count). The highest BCUT2D eigenvalue weighted by atomic mass is 35.5. The SMILES string of the molecule is COCC(C)(C)CC(C)(C)Cl. The summed E-state index contributed by atoms with van der Waals surface area (Å²) in [6, 6.07) is 0. The molecule has 0 fully saturated rings. The van der Waals surface area contributed by atoms with E-state index in [4.69, 9.17) is 16.3 Å². The molecule has 1 nitrogen and oxygen atoms in total. The van der Waals surface area contributed by atoms with E-state index in [1.165, 1.54) is 0 Å². The molecule has 0 unspecified atom stereocenters. The second kappa shape index (κ2) is 3.77. The van der Waals surface area contributed by atoms with Crippen LogP contribution in [0.2, 0.25) is 0 Å². The molecule has 0 aliphatic rings. The lowest BCUT2D eigenvalue weighted by Gasteiger charge is -2.29. The largest absolute Gasteiger partial charge is 0.384 e. The number of rotatable bonds is 4. The number of hydrogen-bond acceptors (Lipinski definition) is 1. The average molecular weight is 179 g/mol. The quantitative estimate of drug-likeness (QED) is 0.602. The van der Waals surface area contributed by atoms with Gasteiger partial charge in [0, 0.05) is 12.0 Å². The number of hydrogen-bond donors (Lipinski definition) is 0. The van der Waals surface area contributed by atoms with E-state index in [0.29, 0.717) is 0 Å². The third-order valence-electron chi connectivity index (χ3n) is 1.43. The molecule has 0 aromatic heterocycles. The van der Waals surface area contributed by atoms with Gasteiger partial charge in [-0.3, -0.25) is 0 Å². The van der Waals surface area contributed by atoms with E-state index < -0.39 is 0 Å². The maximum Gasteiger partial charge on any atom is 0.0513 e. The molecule has 0 atom stereocenters. The van der Waals surface area contributed by atoms with Crippen LogP contribution < -0.4 is 0 Å². The molecular weight excluding hydrogens is 160 g/mol. The van der Waals surface area contributed by atoms with Crippen molar-refractivity contribution in [2.24, 2.45) is 5.41 Å². The lowest BCUT2D eigenvalue weighted by molar-refractivity contribution is 0.0920. The van der Waals surface area contributed by atoms with E-state index >= 15 is 0 Å². The minimum absolute atomic E-state index is 0.123. The van der Waals surface area contributed by atoms with Gasteiger partial charge in [0.05, 0.1) is 6.61 Å². The zero-order chi connectivity index (χ0) is 9.12. The summed E-state index contributed by atoms with van der Waals surface area (Å²) >= 11 is 6.10. The Bertz CT molecular complexity index is 113. The molecule has 0 aliphatic heterocycles. The lowest BCUT2D eigenvalue weighted by Crippen LogP contribution is -2.27. The van der Waals surface area contributed by atoms with Crippen LogP contribution in [0.15, 0.2) is 0 Å². The minimum Gasteiger partial charge on any atom is -0.384 e. The molecule has 0 aromatic rings. The molecule has 0 aliphatic carbocycles. The zero-order valence-electron chi connectivity index (χ0n) is 8.20. The van der Waals surface area contributed by atoms with Gasteiger partial charge in [-0.2, -0.15) is 0 Å². The van der Waals surface area contributed by atoms with Gasteiger partial charge in [-0.15, -0.1) is 11.6 Å². The number of methoxy groups -OCH3 is 1. The van der Waals surface area contributed by atoms with Crippen molar-refractivity contribution in [1.29, 1.82) is 0 Å². The van der Waals surface area contributed by atoms with Crippen LogP contribution in [0.1, 0.15) is 34.1 Å². The topological polar surface area (TPSA) is 9.23 Å². The fourth-order valence-corrected chi connectivity index (χ4v) is 1.94. The first-order valence-corrected chi connectivity index (χ1v) is 4.32. The highest BCUT2D eigenvalue weighted by molar-refractivity contribution is 6.23. The van der Waals surface area contributed by atoms with Crippen molar-refractivity contribution in [3.05, 3.63) is 0 Å². The maximum atomic E-state index is 6.10. The fraction of sp³-hybridized carbons (Fsp3) is 1.00. The Morgan fingerprint density at radius 2 is 1.64 bits per heavy atom. The van der Waals surface area contributed by atoms with Crippen LogP contribution in [0.3, 0.4) is 0 Å². The number of ether oxygens (including phenoxy) is 1. The summed E-state index contributed by atoms with van der Waals surface area (Å²) in [6.45, 7) is 9.17. The van der Waals surface area contributed by atoms with Crippen molar-refractivity contribution in [1.82, 2.24) is 0 Å². The Morgan fingerprint density at radius 3 is 1.91 bits per heavy atom. The van der Waals surface area contributed by atoms with Crippen molar-refractivity contribution >= 4 is 11.6 Å². The van der Waals surface area contributed by atoms with Crippen molar-refractivity contribution < 1.29 is 4.74 Å². The molecule has 0 radical (unpaired) electrons. The third-order valence-corrected chi connectivity index (χ3v) is 1.57.